The summed E-state index contributed by atoms with van der Waals surface area (Å²) in [4.78, 5) is 4.29. The summed E-state index contributed by atoms with van der Waals surface area (Å²) < 4.78 is 0.912. The van der Waals surface area contributed by atoms with Gasteiger partial charge >= 0.3 is 0 Å². The molecular weight excluding hydrogens is 314 g/mol. The summed E-state index contributed by atoms with van der Waals surface area (Å²) >= 11 is 9.34. The minimum absolute atomic E-state index is 0.643. The van der Waals surface area contributed by atoms with E-state index < -0.39 is 0 Å². The van der Waals surface area contributed by atoms with Gasteiger partial charge in [-0.1, -0.05) is 24.4 Å². The Bertz CT molecular complexity index is 400. The monoisotopic (exact) mass is 331 g/mol. The second-order valence-corrected chi connectivity index (χ2v) is 6.20. The van der Waals surface area contributed by atoms with Crippen LogP contribution < -0.4 is 11.1 Å². The Morgan fingerprint density at radius 3 is 2.78 bits per heavy atom. The van der Waals surface area contributed by atoms with Crippen molar-refractivity contribution in [3.05, 3.63) is 21.8 Å². The minimum Gasteiger partial charge on any atom is -0.369 e. The summed E-state index contributed by atoms with van der Waals surface area (Å²) in [5.74, 6) is 2.17. The third-order valence-corrected chi connectivity index (χ3v) is 4.52. The summed E-state index contributed by atoms with van der Waals surface area (Å²) in [5.41, 5.74) is 5.84. The van der Waals surface area contributed by atoms with Gasteiger partial charge in [-0.05, 0) is 53.2 Å². The molecule has 0 spiro atoms. The molecule has 1 fully saturated rings. The van der Waals surface area contributed by atoms with Crippen LogP contribution in [0.3, 0.4) is 0 Å². The number of hydrogen-bond acceptors (Lipinski definition) is 3. The molecule has 1 saturated carbocycles. The van der Waals surface area contributed by atoms with Gasteiger partial charge in [0.05, 0.1) is 9.50 Å². The first kappa shape index (κ1) is 14.1. The zero-order valence-electron chi connectivity index (χ0n) is 10.3. The summed E-state index contributed by atoms with van der Waals surface area (Å²) in [6.45, 7) is 1.73. The van der Waals surface area contributed by atoms with Crippen molar-refractivity contribution in [2.75, 3.05) is 18.4 Å². The second kappa shape index (κ2) is 6.73. The van der Waals surface area contributed by atoms with Gasteiger partial charge < -0.3 is 11.1 Å². The van der Waals surface area contributed by atoms with Crippen LogP contribution in [0.5, 0.6) is 0 Å². The lowest BCUT2D eigenvalue weighted by atomic mass is 9.79. The molecule has 3 nitrogen and oxygen atoms in total. The Hall–Kier alpha value is -0.320. The third kappa shape index (κ3) is 3.59. The summed E-state index contributed by atoms with van der Waals surface area (Å²) in [6.07, 6.45) is 6.83. The van der Waals surface area contributed by atoms with Crippen molar-refractivity contribution in [1.82, 2.24) is 4.98 Å². The number of hydrogen-bond donors (Lipinski definition) is 2. The quantitative estimate of drug-likeness (QED) is 0.884. The fraction of sp³-hybridized carbons (Fsp3) is 0.615. The van der Waals surface area contributed by atoms with Gasteiger partial charge in [0.1, 0.15) is 5.82 Å². The molecule has 2 atom stereocenters. The number of rotatable bonds is 4. The number of nitrogens with zero attached hydrogens (tertiary/aromatic N) is 1. The van der Waals surface area contributed by atoms with Crippen LogP contribution >= 0.6 is 27.5 Å². The second-order valence-electron chi connectivity index (χ2n) is 4.91. The van der Waals surface area contributed by atoms with E-state index in [1.807, 2.05) is 6.07 Å². The molecule has 1 aliphatic rings. The Kier molecular flexibility index (Phi) is 5.27. The lowest BCUT2D eigenvalue weighted by Crippen LogP contribution is -2.31. The zero-order valence-corrected chi connectivity index (χ0v) is 12.7. The third-order valence-electron chi connectivity index (χ3n) is 3.71. The van der Waals surface area contributed by atoms with Gasteiger partial charge in [-0.15, -0.1) is 0 Å². The molecule has 2 unspecified atom stereocenters. The summed E-state index contributed by atoms with van der Waals surface area (Å²) in [5, 5.41) is 4.05. The van der Waals surface area contributed by atoms with E-state index in [0.29, 0.717) is 16.9 Å². The van der Waals surface area contributed by atoms with Crippen molar-refractivity contribution in [2.24, 2.45) is 17.6 Å². The van der Waals surface area contributed by atoms with Crippen LogP contribution in [0.4, 0.5) is 5.82 Å². The molecule has 100 valence electrons. The van der Waals surface area contributed by atoms with E-state index in [-0.39, 0.29) is 0 Å². The van der Waals surface area contributed by atoms with E-state index in [1.165, 1.54) is 25.7 Å². The summed E-state index contributed by atoms with van der Waals surface area (Å²) in [7, 11) is 0. The highest BCUT2D eigenvalue weighted by atomic mass is 79.9. The maximum atomic E-state index is 5.87. The first-order valence-electron chi connectivity index (χ1n) is 6.45. The largest absolute Gasteiger partial charge is 0.369 e. The van der Waals surface area contributed by atoms with Gasteiger partial charge in [0.2, 0.25) is 0 Å². The normalized spacial score (nSPS) is 23.9. The molecule has 0 amide bonds. The number of nitrogens with one attached hydrogen (secondary N) is 1. The number of nitrogens with two attached hydrogens (primary N) is 1. The molecule has 1 aromatic rings. The molecule has 0 aliphatic heterocycles. The van der Waals surface area contributed by atoms with Crippen molar-refractivity contribution in [1.29, 1.82) is 0 Å². The van der Waals surface area contributed by atoms with Crippen molar-refractivity contribution in [3.63, 3.8) is 0 Å². The fourth-order valence-electron chi connectivity index (χ4n) is 2.64. The van der Waals surface area contributed by atoms with E-state index in [1.54, 1.807) is 6.20 Å². The number of halogens is 2. The van der Waals surface area contributed by atoms with Crippen molar-refractivity contribution in [3.8, 4) is 0 Å². The highest BCUT2D eigenvalue weighted by Gasteiger charge is 2.23. The Morgan fingerprint density at radius 1 is 1.39 bits per heavy atom. The predicted octanol–water partition coefficient (Wildman–Crippen LogP) is 3.67. The van der Waals surface area contributed by atoms with Crippen LogP contribution in [0.2, 0.25) is 5.02 Å². The van der Waals surface area contributed by atoms with Crippen molar-refractivity contribution in [2.45, 2.75) is 25.7 Å². The van der Waals surface area contributed by atoms with Crippen LogP contribution in [0, 0.1) is 11.8 Å². The first-order valence-corrected chi connectivity index (χ1v) is 7.62. The van der Waals surface area contributed by atoms with E-state index in [0.717, 1.165) is 23.4 Å². The molecular formula is C13H19BrClN3. The highest BCUT2D eigenvalue weighted by Crippen LogP contribution is 2.30. The predicted molar refractivity (Wildman–Crippen MR) is 79.9 cm³/mol. The smallest absolute Gasteiger partial charge is 0.140 e. The Morgan fingerprint density at radius 2 is 2.11 bits per heavy atom. The van der Waals surface area contributed by atoms with Crippen LogP contribution in [0.25, 0.3) is 0 Å². The molecule has 0 aromatic carbocycles. The number of anilines is 1. The Balaban J connectivity index is 1.93. The Labute approximate surface area is 122 Å². The molecule has 0 bridgehead atoms. The molecule has 0 saturated heterocycles. The number of aromatic nitrogens is 1. The van der Waals surface area contributed by atoms with E-state index in [9.17, 15) is 0 Å². The van der Waals surface area contributed by atoms with Crippen LogP contribution in [0.15, 0.2) is 16.7 Å². The molecule has 5 heteroatoms. The molecule has 18 heavy (non-hydrogen) atoms. The van der Waals surface area contributed by atoms with Gasteiger partial charge in [-0.25, -0.2) is 4.98 Å². The average Bonchev–Trinajstić information content (AvgIpc) is 2.38. The highest BCUT2D eigenvalue weighted by molar-refractivity contribution is 9.10. The van der Waals surface area contributed by atoms with Gasteiger partial charge in [0.15, 0.2) is 0 Å². The first-order chi connectivity index (χ1) is 8.70. The maximum Gasteiger partial charge on any atom is 0.140 e. The lowest BCUT2D eigenvalue weighted by Gasteiger charge is -2.30. The van der Waals surface area contributed by atoms with Crippen LogP contribution in [-0.2, 0) is 0 Å². The average molecular weight is 333 g/mol. The topological polar surface area (TPSA) is 50.9 Å². The van der Waals surface area contributed by atoms with E-state index in [4.69, 9.17) is 17.3 Å². The SMILES string of the molecule is NCC1CCCCC1CNc1ncc(Cl)cc1Br. The minimum atomic E-state index is 0.643. The molecule has 0 radical (unpaired) electrons. The molecule has 3 N–H and O–H groups in total. The maximum absolute atomic E-state index is 5.87. The summed E-state index contributed by atoms with van der Waals surface area (Å²) in [6, 6.07) is 1.86. The zero-order chi connectivity index (χ0) is 13.0. The van der Waals surface area contributed by atoms with Gasteiger partial charge in [-0.2, -0.15) is 0 Å². The molecule has 1 heterocycles. The molecule has 2 rings (SSSR count). The van der Waals surface area contributed by atoms with Crippen LogP contribution in [-0.4, -0.2) is 18.1 Å². The van der Waals surface area contributed by atoms with Crippen molar-refractivity contribution >= 4 is 33.3 Å². The van der Waals surface area contributed by atoms with Gasteiger partial charge in [0.25, 0.3) is 0 Å². The molecule has 1 aliphatic carbocycles. The fourth-order valence-corrected chi connectivity index (χ4v) is 3.41. The number of pyridine rings is 1. The standard InChI is InChI=1S/C13H19BrClN3/c14-12-5-11(15)8-18-13(12)17-7-10-4-2-1-3-9(10)6-16/h5,8-10H,1-4,6-7,16H2,(H,17,18). The van der Waals surface area contributed by atoms with Crippen LogP contribution in [0.1, 0.15) is 25.7 Å². The molecule has 1 aromatic heterocycles. The lowest BCUT2D eigenvalue weighted by molar-refractivity contribution is 0.255. The van der Waals surface area contributed by atoms with E-state index >= 15 is 0 Å². The van der Waals surface area contributed by atoms with Gasteiger partial charge in [-0.3, -0.25) is 0 Å². The van der Waals surface area contributed by atoms with Gasteiger partial charge in [0, 0.05) is 12.7 Å². The van der Waals surface area contributed by atoms with E-state index in [2.05, 4.69) is 26.2 Å². The van der Waals surface area contributed by atoms with Crippen molar-refractivity contribution < 1.29 is 0 Å².